The van der Waals surface area contributed by atoms with Crippen molar-refractivity contribution in [1.82, 2.24) is 0 Å². The largest absolute Gasteiger partial charge is 0.549 e. The van der Waals surface area contributed by atoms with Crippen LogP contribution in [0.25, 0.3) is 0 Å². The van der Waals surface area contributed by atoms with Gasteiger partial charge in [-0.15, -0.1) is 0 Å². The van der Waals surface area contributed by atoms with Gasteiger partial charge < -0.3 is 13.7 Å². The Labute approximate surface area is 150 Å². The van der Waals surface area contributed by atoms with Crippen molar-refractivity contribution in [2.75, 3.05) is 0 Å². The summed E-state index contributed by atoms with van der Waals surface area (Å²) in [6.07, 6.45) is 11.6. The molecule has 2 aliphatic rings. The highest BCUT2D eigenvalue weighted by molar-refractivity contribution is 6.74. The summed E-state index contributed by atoms with van der Waals surface area (Å²) in [5.41, 5.74) is -0.180. The first-order valence-corrected chi connectivity index (χ1v) is 12.6. The molecule has 0 bridgehead atoms. The summed E-state index contributed by atoms with van der Waals surface area (Å²) < 4.78 is 18.6. The summed E-state index contributed by atoms with van der Waals surface area (Å²) in [6, 6.07) is 0. The predicted octanol–water partition coefficient (Wildman–Crippen LogP) is 5.78. The topological polar surface area (TPSA) is 27.7 Å². The third kappa shape index (κ3) is 4.89. The molecule has 0 unspecified atom stereocenters. The van der Waals surface area contributed by atoms with Crippen molar-refractivity contribution < 1.29 is 13.7 Å². The van der Waals surface area contributed by atoms with Crippen LogP contribution in [0.5, 0.6) is 0 Å². The fraction of sp³-hybridized carbons (Fsp3) is 0.895. The van der Waals surface area contributed by atoms with Crippen molar-refractivity contribution in [1.29, 1.82) is 0 Å². The van der Waals surface area contributed by atoms with E-state index in [9.17, 15) is 0 Å². The minimum atomic E-state index is -1.72. The Hall–Kier alpha value is -0.258. The molecule has 0 amide bonds. The summed E-state index contributed by atoms with van der Waals surface area (Å²) in [5, 5.41) is 0.228. The van der Waals surface area contributed by atoms with Crippen molar-refractivity contribution in [2.45, 2.75) is 103 Å². The lowest BCUT2D eigenvalue weighted by molar-refractivity contribution is 0.0208. The molecule has 0 aromatic rings. The molecule has 0 N–H and O–H groups in total. The van der Waals surface area contributed by atoms with Crippen LogP contribution in [0.3, 0.4) is 0 Å². The van der Waals surface area contributed by atoms with Gasteiger partial charge in [-0.1, -0.05) is 46.1 Å². The number of rotatable bonds is 5. The molecule has 138 valence electrons. The standard InChI is InChI=1S/C19H37BO3Si/c1-18(2,3)24(6,7)21-15-11-14-20-22-17(19(4,5)23-20)16-12-9-8-10-13-16/h11,15-17H,8-10,12-14H2,1-7H3/b15-11+/t17-/m0/s1. The molecular formula is C19H37BO3Si. The average Bonchev–Trinajstić information content (AvgIpc) is 2.78. The van der Waals surface area contributed by atoms with Crippen LogP contribution in [0.1, 0.15) is 66.7 Å². The maximum absolute atomic E-state index is 6.30. The van der Waals surface area contributed by atoms with E-state index in [4.69, 9.17) is 13.7 Å². The molecule has 1 saturated carbocycles. The van der Waals surface area contributed by atoms with Crippen LogP contribution >= 0.6 is 0 Å². The smallest absolute Gasteiger partial charge is 0.461 e. The average molecular weight is 352 g/mol. The Morgan fingerprint density at radius 2 is 1.79 bits per heavy atom. The van der Waals surface area contributed by atoms with Crippen LogP contribution in [0.4, 0.5) is 0 Å². The van der Waals surface area contributed by atoms with Gasteiger partial charge >= 0.3 is 7.12 Å². The zero-order valence-corrected chi connectivity index (χ0v) is 17.9. The van der Waals surface area contributed by atoms with E-state index in [0.29, 0.717) is 5.92 Å². The molecule has 2 fully saturated rings. The highest BCUT2D eigenvalue weighted by atomic mass is 28.4. The SMILES string of the molecule is CC1(C)OB(C/C=C/O[Si](C)(C)C(C)(C)C)O[C@H]1C1CCCCC1. The first-order valence-electron chi connectivity index (χ1n) is 9.69. The Morgan fingerprint density at radius 1 is 1.17 bits per heavy atom. The fourth-order valence-electron chi connectivity index (χ4n) is 3.54. The van der Waals surface area contributed by atoms with E-state index in [1.807, 2.05) is 6.26 Å². The molecule has 0 aromatic heterocycles. The van der Waals surface area contributed by atoms with E-state index in [1.54, 1.807) is 0 Å². The van der Waals surface area contributed by atoms with Gasteiger partial charge in [-0.2, -0.15) is 0 Å². The van der Waals surface area contributed by atoms with Crippen molar-refractivity contribution in [3.8, 4) is 0 Å². The molecule has 0 aromatic carbocycles. The zero-order chi connectivity index (χ0) is 18.0. The second-order valence-electron chi connectivity index (χ2n) is 9.59. The lowest BCUT2D eigenvalue weighted by Gasteiger charge is -2.35. The summed E-state index contributed by atoms with van der Waals surface area (Å²) in [5.74, 6) is 0.659. The molecule has 1 aliphatic heterocycles. The van der Waals surface area contributed by atoms with Crippen molar-refractivity contribution in [3.05, 3.63) is 12.3 Å². The molecule has 1 saturated heterocycles. The molecular weight excluding hydrogens is 315 g/mol. The molecule has 0 radical (unpaired) electrons. The van der Waals surface area contributed by atoms with Crippen LogP contribution in [0, 0.1) is 5.92 Å². The van der Waals surface area contributed by atoms with Crippen LogP contribution in [-0.4, -0.2) is 27.1 Å². The van der Waals surface area contributed by atoms with Gasteiger partial charge in [-0.25, -0.2) is 0 Å². The fourth-order valence-corrected chi connectivity index (χ4v) is 4.33. The van der Waals surface area contributed by atoms with Gasteiger partial charge in [0.2, 0.25) is 8.32 Å². The lowest BCUT2D eigenvalue weighted by Crippen LogP contribution is -2.39. The molecule has 2 rings (SSSR count). The Morgan fingerprint density at radius 3 is 2.38 bits per heavy atom. The summed E-state index contributed by atoms with van der Waals surface area (Å²) in [4.78, 5) is 0. The van der Waals surface area contributed by atoms with Gasteiger partial charge in [0.1, 0.15) is 0 Å². The van der Waals surface area contributed by atoms with Crippen LogP contribution in [0.2, 0.25) is 24.5 Å². The lowest BCUT2D eigenvalue weighted by atomic mass is 9.80. The van der Waals surface area contributed by atoms with Gasteiger partial charge in [0, 0.05) is 6.32 Å². The van der Waals surface area contributed by atoms with Crippen LogP contribution in [-0.2, 0) is 13.7 Å². The van der Waals surface area contributed by atoms with E-state index in [1.165, 1.54) is 32.1 Å². The van der Waals surface area contributed by atoms with E-state index in [0.717, 1.165) is 6.32 Å². The maximum Gasteiger partial charge on any atom is 0.461 e. The molecule has 5 heteroatoms. The summed E-state index contributed by atoms with van der Waals surface area (Å²) >= 11 is 0. The normalized spacial score (nSPS) is 26.3. The molecule has 24 heavy (non-hydrogen) atoms. The van der Waals surface area contributed by atoms with Gasteiger partial charge in [-0.3, -0.25) is 0 Å². The highest BCUT2D eigenvalue weighted by Crippen LogP contribution is 2.40. The van der Waals surface area contributed by atoms with Crippen molar-refractivity contribution in [3.63, 3.8) is 0 Å². The summed E-state index contributed by atoms with van der Waals surface area (Å²) in [6.45, 7) is 15.7. The number of hydrogen-bond acceptors (Lipinski definition) is 3. The zero-order valence-electron chi connectivity index (χ0n) is 16.9. The minimum absolute atomic E-state index is 0.133. The molecule has 0 spiro atoms. The second-order valence-corrected chi connectivity index (χ2v) is 14.3. The third-order valence-electron chi connectivity index (χ3n) is 6.09. The Bertz CT molecular complexity index is 436. The van der Waals surface area contributed by atoms with Crippen molar-refractivity contribution in [2.24, 2.45) is 5.92 Å². The van der Waals surface area contributed by atoms with Gasteiger partial charge in [0.15, 0.2) is 0 Å². The van der Waals surface area contributed by atoms with Crippen molar-refractivity contribution >= 4 is 15.4 Å². The summed E-state index contributed by atoms with van der Waals surface area (Å²) in [7, 11) is -1.85. The second kappa shape index (κ2) is 7.55. The number of allylic oxidation sites excluding steroid dienone is 1. The first kappa shape index (κ1) is 20.1. The maximum atomic E-state index is 6.30. The number of hydrogen-bond donors (Lipinski definition) is 0. The van der Waals surface area contributed by atoms with Crippen LogP contribution < -0.4 is 0 Å². The predicted molar refractivity (Wildman–Crippen MR) is 105 cm³/mol. The van der Waals surface area contributed by atoms with Gasteiger partial charge in [0.05, 0.1) is 18.0 Å². The monoisotopic (exact) mass is 352 g/mol. The quantitative estimate of drug-likeness (QED) is 0.463. The molecule has 1 heterocycles. The Kier molecular flexibility index (Phi) is 6.31. The Balaban J connectivity index is 1.85. The minimum Gasteiger partial charge on any atom is -0.549 e. The van der Waals surface area contributed by atoms with E-state index in [2.05, 4.69) is 53.8 Å². The third-order valence-corrected chi connectivity index (χ3v) is 10.4. The molecule has 1 aliphatic carbocycles. The molecule has 3 nitrogen and oxygen atoms in total. The molecule has 1 atom stereocenters. The van der Waals surface area contributed by atoms with E-state index in [-0.39, 0.29) is 23.9 Å². The van der Waals surface area contributed by atoms with E-state index < -0.39 is 8.32 Å². The van der Waals surface area contributed by atoms with E-state index >= 15 is 0 Å². The first-order chi connectivity index (χ1) is 11.0. The van der Waals surface area contributed by atoms with Crippen LogP contribution in [0.15, 0.2) is 12.3 Å². The van der Waals surface area contributed by atoms with Gasteiger partial charge in [-0.05, 0) is 50.7 Å². The highest BCUT2D eigenvalue weighted by Gasteiger charge is 2.48. The van der Waals surface area contributed by atoms with Gasteiger partial charge in [0.25, 0.3) is 0 Å².